The molecule has 2 aromatic heterocycles. The van der Waals surface area contributed by atoms with E-state index in [1.807, 2.05) is 4.72 Å². The van der Waals surface area contributed by atoms with Crippen molar-refractivity contribution in [2.75, 3.05) is 5.73 Å². The number of benzene rings is 1. The second kappa shape index (κ2) is 7.80. The number of sulfonamides is 1. The van der Waals surface area contributed by atoms with E-state index in [1.54, 1.807) is 6.92 Å². The molecule has 3 heterocycles. The minimum absolute atomic E-state index is 0.0990. The molecule has 1 fully saturated rings. The number of aliphatic hydroxyl groups is 2. The molecular weight excluding hydrogens is 496 g/mol. The number of nitrogen functional groups attached to an aromatic ring is 1. The third kappa shape index (κ3) is 3.76. The lowest BCUT2D eigenvalue weighted by molar-refractivity contribution is -0.135. The average molecular weight is 513 g/mol. The third-order valence-electron chi connectivity index (χ3n) is 4.83. The van der Waals surface area contributed by atoms with Gasteiger partial charge in [0.25, 0.3) is 15.9 Å². The Labute approximate surface area is 184 Å². The van der Waals surface area contributed by atoms with Gasteiger partial charge in [-0.3, -0.25) is 9.36 Å². The van der Waals surface area contributed by atoms with Gasteiger partial charge in [-0.1, -0.05) is 15.9 Å². The summed E-state index contributed by atoms with van der Waals surface area (Å²) in [5.41, 5.74) is 6.84. The lowest BCUT2D eigenvalue weighted by Crippen LogP contribution is -2.44. The highest BCUT2D eigenvalue weighted by Crippen LogP contribution is 2.32. The highest BCUT2D eigenvalue weighted by molar-refractivity contribution is 9.10. The number of nitrogens with one attached hydrogen (secondary N) is 1. The number of aromatic nitrogens is 4. The number of nitrogens with two attached hydrogens (primary N) is 1. The zero-order valence-corrected chi connectivity index (χ0v) is 18.3. The molecule has 1 amide bonds. The number of halogens is 1. The summed E-state index contributed by atoms with van der Waals surface area (Å²) in [6, 6.07) is 4.23. The van der Waals surface area contributed by atoms with Crippen LogP contribution in [0.2, 0.25) is 0 Å². The molecule has 4 atom stereocenters. The molecule has 1 aliphatic rings. The van der Waals surface area contributed by atoms with E-state index < -0.39 is 40.5 Å². The van der Waals surface area contributed by atoms with Gasteiger partial charge in [0.05, 0.1) is 11.2 Å². The molecule has 4 rings (SSSR count). The first-order chi connectivity index (χ1) is 14.6. The molecular formula is C17H17BrN6O6S. The fraction of sp³-hybridized carbons (Fsp3) is 0.294. The van der Waals surface area contributed by atoms with Crippen molar-refractivity contribution in [3.8, 4) is 0 Å². The minimum Gasteiger partial charge on any atom is -0.387 e. The lowest BCUT2D eigenvalue weighted by atomic mass is 10.1. The normalized spacial score (nSPS) is 23.9. The molecule has 0 spiro atoms. The van der Waals surface area contributed by atoms with Crippen LogP contribution in [0.3, 0.4) is 0 Å². The zero-order chi connectivity index (χ0) is 22.5. The lowest BCUT2D eigenvalue weighted by Gasteiger charge is -2.16. The van der Waals surface area contributed by atoms with Crippen LogP contribution >= 0.6 is 15.9 Å². The molecule has 12 nitrogen and oxygen atoms in total. The molecule has 0 saturated carbocycles. The summed E-state index contributed by atoms with van der Waals surface area (Å²) in [6.45, 7) is 1.70. The maximum absolute atomic E-state index is 12.6. The number of imidazole rings is 1. The minimum atomic E-state index is -4.24. The fourth-order valence-corrected chi connectivity index (χ4v) is 4.52. The first kappa shape index (κ1) is 21.6. The molecule has 5 N–H and O–H groups in total. The fourth-order valence-electron chi connectivity index (χ4n) is 3.20. The van der Waals surface area contributed by atoms with Crippen molar-refractivity contribution in [1.82, 2.24) is 24.2 Å². The predicted molar refractivity (Wildman–Crippen MR) is 110 cm³/mol. The molecule has 1 saturated heterocycles. The number of fused-ring (bicyclic) bond motifs is 1. The van der Waals surface area contributed by atoms with E-state index in [9.17, 15) is 23.4 Å². The largest absolute Gasteiger partial charge is 0.387 e. The molecule has 0 aliphatic carbocycles. The third-order valence-corrected chi connectivity index (χ3v) is 7.07. The molecule has 0 unspecified atom stereocenters. The van der Waals surface area contributed by atoms with Crippen LogP contribution in [0.1, 0.15) is 11.8 Å². The molecule has 0 bridgehead atoms. The average Bonchev–Trinajstić information content (AvgIpc) is 3.26. The van der Waals surface area contributed by atoms with Gasteiger partial charge in [0.15, 0.2) is 23.8 Å². The Kier molecular flexibility index (Phi) is 5.43. The Bertz CT molecular complexity index is 1280. The highest BCUT2D eigenvalue weighted by atomic mass is 79.9. The van der Waals surface area contributed by atoms with Crippen LogP contribution in [0.25, 0.3) is 11.2 Å². The van der Waals surface area contributed by atoms with E-state index in [2.05, 4.69) is 30.9 Å². The van der Waals surface area contributed by atoms with Crippen molar-refractivity contribution >= 4 is 48.8 Å². The van der Waals surface area contributed by atoms with Crippen LogP contribution in [0, 0.1) is 6.92 Å². The number of rotatable bonds is 4. The maximum Gasteiger partial charge on any atom is 0.265 e. The van der Waals surface area contributed by atoms with Crippen LogP contribution in [-0.2, 0) is 19.6 Å². The van der Waals surface area contributed by atoms with Crippen molar-refractivity contribution in [2.45, 2.75) is 36.4 Å². The van der Waals surface area contributed by atoms with E-state index >= 15 is 0 Å². The Morgan fingerprint density at radius 1 is 1.26 bits per heavy atom. The van der Waals surface area contributed by atoms with Crippen LogP contribution in [-0.4, -0.2) is 62.4 Å². The number of hydrogen-bond acceptors (Lipinski definition) is 10. The van der Waals surface area contributed by atoms with Crippen molar-refractivity contribution in [2.24, 2.45) is 0 Å². The second-order valence-electron chi connectivity index (χ2n) is 6.89. The van der Waals surface area contributed by atoms with Gasteiger partial charge < -0.3 is 20.7 Å². The van der Waals surface area contributed by atoms with E-state index in [-0.39, 0.29) is 21.9 Å². The second-order valence-corrected chi connectivity index (χ2v) is 9.43. The summed E-state index contributed by atoms with van der Waals surface area (Å²) in [4.78, 5) is 24.4. The Balaban J connectivity index is 1.58. The van der Waals surface area contributed by atoms with E-state index in [1.165, 1.54) is 35.4 Å². The van der Waals surface area contributed by atoms with Gasteiger partial charge in [-0.15, -0.1) is 0 Å². The summed E-state index contributed by atoms with van der Waals surface area (Å²) < 4.78 is 34.5. The summed E-state index contributed by atoms with van der Waals surface area (Å²) in [7, 11) is -4.24. The van der Waals surface area contributed by atoms with E-state index in [4.69, 9.17) is 10.5 Å². The number of carbonyl (C=O) groups excluding carboxylic acids is 1. The number of hydrogen-bond donors (Lipinski definition) is 4. The number of ether oxygens (including phenoxy) is 1. The first-order valence-corrected chi connectivity index (χ1v) is 11.1. The SMILES string of the molecule is Cc1cc(S(=O)(=O)NC(=O)[C@H]2O[C@@H](n3cnc4c(N)ncnc43)[C@H](O)[C@@H]2O)ccc1Br. The predicted octanol–water partition coefficient (Wildman–Crippen LogP) is -0.396. The topological polar surface area (TPSA) is 183 Å². The van der Waals surface area contributed by atoms with Gasteiger partial charge in [0.1, 0.15) is 24.1 Å². The molecule has 3 aromatic rings. The van der Waals surface area contributed by atoms with Crippen molar-refractivity contribution < 1.29 is 28.2 Å². The molecule has 1 aromatic carbocycles. The van der Waals surface area contributed by atoms with Gasteiger partial charge >= 0.3 is 0 Å². The first-order valence-electron chi connectivity index (χ1n) is 8.87. The Hall–Kier alpha value is -2.65. The number of nitrogens with zero attached hydrogens (tertiary/aromatic N) is 4. The number of anilines is 1. The van der Waals surface area contributed by atoms with E-state index in [0.29, 0.717) is 10.0 Å². The van der Waals surface area contributed by atoms with Gasteiger partial charge in [-0.25, -0.2) is 28.1 Å². The smallest absolute Gasteiger partial charge is 0.265 e. The molecule has 1 aliphatic heterocycles. The monoisotopic (exact) mass is 512 g/mol. The Morgan fingerprint density at radius 2 is 2.00 bits per heavy atom. The number of aliphatic hydroxyl groups excluding tert-OH is 2. The zero-order valence-electron chi connectivity index (χ0n) is 15.9. The molecule has 31 heavy (non-hydrogen) atoms. The van der Waals surface area contributed by atoms with Crippen LogP contribution in [0.4, 0.5) is 5.82 Å². The van der Waals surface area contributed by atoms with Crippen molar-refractivity contribution in [3.05, 3.63) is 40.9 Å². The summed E-state index contributed by atoms with van der Waals surface area (Å²) in [5, 5.41) is 20.8. The van der Waals surface area contributed by atoms with E-state index in [0.717, 1.165) is 0 Å². The summed E-state index contributed by atoms with van der Waals surface area (Å²) >= 11 is 3.27. The number of aryl methyl sites for hydroxylation is 1. The molecule has 164 valence electrons. The summed E-state index contributed by atoms with van der Waals surface area (Å²) in [5.74, 6) is -1.03. The summed E-state index contributed by atoms with van der Waals surface area (Å²) in [6.07, 6.45) is -3.75. The number of carbonyl (C=O) groups is 1. The Morgan fingerprint density at radius 3 is 2.71 bits per heavy atom. The number of amides is 1. The van der Waals surface area contributed by atoms with Crippen molar-refractivity contribution in [3.63, 3.8) is 0 Å². The van der Waals surface area contributed by atoms with Gasteiger partial charge in [-0.05, 0) is 30.7 Å². The van der Waals surface area contributed by atoms with Gasteiger partial charge in [0.2, 0.25) is 0 Å². The van der Waals surface area contributed by atoms with Crippen LogP contribution < -0.4 is 10.5 Å². The van der Waals surface area contributed by atoms with Crippen LogP contribution in [0.15, 0.2) is 40.2 Å². The molecule has 14 heteroatoms. The molecule has 0 radical (unpaired) electrons. The van der Waals surface area contributed by atoms with Crippen molar-refractivity contribution in [1.29, 1.82) is 0 Å². The van der Waals surface area contributed by atoms with Crippen LogP contribution in [0.5, 0.6) is 0 Å². The maximum atomic E-state index is 12.6. The quantitative estimate of drug-likeness (QED) is 0.358. The van der Waals surface area contributed by atoms with Gasteiger partial charge in [-0.2, -0.15) is 0 Å². The standard InChI is InChI=1S/C17H17BrN6O6S/c1-7-4-8(2-3-9(7)18)31(28,29)23-16(27)13-11(25)12(26)17(30-13)24-6-22-10-14(19)20-5-21-15(10)24/h2-6,11-13,17,25-26H,1H3,(H,23,27)(H2,19,20,21)/t11-,12+,13-,17+/m0/s1. The van der Waals surface area contributed by atoms with Gasteiger partial charge in [0, 0.05) is 4.47 Å². The highest BCUT2D eigenvalue weighted by Gasteiger charge is 2.48.